The molecule has 0 saturated heterocycles. The summed E-state index contributed by atoms with van der Waals surface area (Å²) in [5, 5.41) is 2.73. The van der Waals surface area contributed by atoms with E-state index in [9.17, 15) is 9.59 Å². The van der Waals surface area contributed by atoms with E-state index in [1.807, 2.05) is 43.2 Å². The van der Waals surface area contributed by atoms with Gasteiger partial charge in [-0.15, -0.1) is 0 Å². The van der Waals surface area contributed by atoms with Gasteiger partial charge in [0, 0.05) is 12.7 Å². The van der Waals surface area contributed by atoms with Gasteiger partial charge in [-0.2, -0.15) is 0 Å². The van der Waals surface area contributed by atoms with Crippen molar-refractivity contribution in [3.8, 4) is 0 Å². The van der Waals surface area contributed by atoms with Gasteiger partial charge in [0.25, 0.3) is 0 Å². The van der Waals surface area contributed by atoms with Crippen LogP contribution in [0.2, 0.25) is 0 Å². The number of methoxy groups -OCH3 is 1. The predicted molar refractivity (Wildman–Crippen MR) is 133 cm³/mol. The summed E-state index contributed by atoms with van der Waals surface area (Å²) in [7, 11) is 3.15. The normalized spacial score (nSPS) is 17.3. The second-order valence-electron chi connectivity index (χ2n) is 8.47. The Morgan fingerprint density at radius 3 is 2.71 bits per heavy atom. The highest BCUT2D eigenvalue weighted by Gasteiger charge is 2.42. The topological polar surface area (TPSA) is 75.3 Å². The number of hydrogen-bond acceptors (Lipinski definition) is 7. The Kier molecular flexibility index (Phi) is 6.97. The zero-order valence-corrected chi connectivity index (χ0v) is 20.9. The first-order valence-electron chi connectivity index (χ1n) is 11.2. The lowest BCUT2D eigenvalue weighted by atomic mass is 9.89. The third-order valence-electron chi connectivity index (χ3n) is 6.08. The number of carbonyl (C=O) groups excluding carboxylic acids is 2. The lowest BCUT2D eigenvalue weighted by molar-refractivity contribution is -0.136. The number of fused-ring (bicyclic) bond motifs is 1. The van der Waals surface area contributed by atoms with Gasteiger partial charge in [-0.1, -0.05) is 42.4 Å². The standard InChI is InChI=1S/C26H29N3O4S/c1-6-21-23(25(31)32-5)24(20-10-9-16(2)12-17(20)3)29-18(15-34-26(29)27-21)13-22(30)28(4)14-19-8-7-11-33-19/h7-12,15,24H,6,13-14H2,1-5H3. The molecule has 1 amide bonds. The van der Waals surface area contributed by atoms with E-state index < -0.39 is 12.0 Å². The molecule has 4 rings (SSSR count). The first-order chi connectivity index (χ1) is 16.3. The number of esters is 1. The second kappa shape index (κ2) is 9.93. The van der Waals surface area contributed by atoms with E-state index in [0.29, 0.717) is 24.2 Å². The van der Waals surface area contributed by atoms with Crippen molar-refractivity contribution in [1.82, 2.24) is 9.80 Å². The summed E-state index contributed by atoms with van der Waals surface area (Å²) < 4.78 is 10.6. The number of ether oxygens (including phenoxy) is 1. The Labute approximate surface area is 204 Å². The van der Waals surface area contributed by atoms with Crippen LogP contribution in [0.1, 0.15) is 48.3 Å². The molecule has 0 saturated carbocycles. The van der Waals surface area contributed by atoms with Crippen LogP contribution >= 0.6 is 11.8 Å². The summed E-state index contributed by atoms with van der Waals surface area (Å²) in [5.41, 5.74) is 5.25. The highest BCUT2D eigenvalue weighted by atomic mass is 32.2. The average molecular weight is 480 g/mol. The van der Waals surface area contributed by atoms with Gasteiger partial charge in [-0.05, 0) is 48.9 Å². The van der Waals surface area contributed by atoms with Crippen molar-refractivity contribution in [2.75, 3.05) is 14.2 Å². The van der Waals surface area contributed by atoms with Crippen LogP contribution in [0.15, 0.2) is 68.4 Å². The number of aryl methyl sites for hydroxylation is 2. The minimum Gasteiger partial charge on any atom is -0.467 e. The molecular formula is C26H29N3O4S. The lowest BCUT2D eigenvalue weighted by Gasteiger charge is -2.37. The van der Waals surface area contributed by atoms with Crippen molar-refractivity contribution >= 4 is 28.8 Å². The minimum atomic E-state index is -0.417. The molecule has 2 aliphatic heterocycles. The second-order valence-corrected chi connectivity index (χ2v) is 9.30. The van der Waals surface area contributed by atoms with Crippen molar-refractivity contribution in [2.24, 2.45) is 4.99 Å². The first-order valence-corrected chi connectivity index (χ1v) is 12.1. The fourth-order valence-corrected chi connectivity index (χ4v) is 5.29. The number of amides is 1. The van der Waals surface area contributed by atoms with Gasteiger partial charge in [-0.3, -0.25) is 4.79 Å². The van der Waals surface area contributed by atoms with Crippen LogP contribution in [0.3, 0.4) is 0 Å². The molecule has 178 valence electrons. The summed E-state index contributed by atoms with van der Waals surface area (Å²) in [6.07, 6.45) is 2.38. The van der Waals surface area contributed by atoms with Crippen LogP contribution in [-0.4, -0.2) is 41.0 Å². The molecular weight excluding hydrogens is 450 g/mol. The third-order valence-corrected chi connectivity index (χ3v) is 6.97. The monoisotopic (exact) mass is 479 g/mol. The molecule has 2 aliphatic rings. The number of hydrogen-bond donors (Lipinski definition) is 0. The molecule has 8 heteroatoms. The molecule has 7 nitrogen and oxygen atoms in total. The van der Waals surface area contributed by atoms with Crippen molar-refractivity contribution in [3.05, 3.63) is 81.4 Å². The Morgan fingerprint density at radius 1 is 1.26 bits per heavy atom. The quantitative estimate of drug-likeness (QED) is 0.516. The summed E-state index contributed by atoms with van der Waals surface area (Å²) in [5.74, 6) is 0.276. The van der Waals surface area contributed by atoms with Gasteiger partial charge in [0.05, 0.1) is 43.7 Å². The molecule has 1 unspecified atom stereocenters. The van der Waals surface area contributed by atoms with E-state index in [1.165, 1.54) is 18.9 Å². The summed E-state index contributed by atoms with van der Waals surface area (Å²) in [4.78, 5) is 34.6. The number of benzene rings is 1. The average Bonchev–Trinajstić information content (AvgIpc) is 3.47. The lowest BCUT2D eigenvalue weighted by Crippen LogP contribution is -2.38. The van der Waals surface area contributed by atoms with Crippen molar-refractivity contribution in [1.29, 1.82) is 0 Å². The van der Waals surface area contributed by atoms with Gasteiger partial charge in [0.2, 0.25) is 5.91 Å². The maximum atomic E-state index is 13.1. The third kappa shape index (κ3) is 4.55. The number of rotatable bonds is 7. The van der Waals surface area contributed by atoms with E-state index in [1.54, 1.807) is 24.3 Å². The van der Waals surface area contributed by atoms with E-state index in [2.05, 4.69) is 12.1 Å². The fraction of sp³-hybridized carbons (Fsp3) is 0.346. The van der Waals surface area contributed by atoms with E-state index in [0.717, 1.165) is 33.3 Å². The van der Waals surface area contributed by atoms with E-state index >= 15 is 0 Å². The van der Waals surface area contributed by atoms with Crippen LogP contribution in [0, 0.1) is 13.8 Å². The van der Waals surface area contributed by atoms with Gasteiger partial charge < -0.3 is 19.0 Å². The van der Waals surface area contributed by atoms with E-state index in [4.69, 9.17) is 14.1 Å². The summed E-state index contributed by atoms with van der Waals surface area (Å²) in [6, 6.07) is 9.44. The number of thioether (sulfide) groups is 1. The number of aliphatic imine (C=N–C) groups is 1. The summed E-state index contributed by atoms with van der Waals surface area (Å²) >= 11 is 1.48. The van der Waals surface area contributed by atoms with Crippen LogP contribution < -0.4 is 0 Å². The molecule has 0 N–H and O–H groups in total. The molecule has 34 heavy (non-hydrogen) atoms. The molecule has 0 bridgehead atoms. The number of nitrogens with zero attached hydrogens (tertiary/aromatic N) is 3. The predicted octanol–water partition coefficient (Wildman–Crippen LogP) is 5.08. The van der Waals surface area contributed by atoms with Gasteiger partial charge in [-0.25, -0.2) is 9.79 Å². The van der Waals surface area contributed by atoms with Crippen LogP contribution in [0.25, 0.3) is 0 Å². The van der Waals surface area contributed by atoms with Crippen molar-refractivity contribution < 1.29 is 18.7 Å². The SMILES string of the molecule is CCC1=C(C(=O)OC)C(c2ccc(C)cc2C)N2C(CC(=O)N(C)Cc3ccco3)=CSC2=N1. The molecule has 3 heterocycles. The molecule has 1 aromatic heterocycles. The highest BCUT2D eigenvalue weighted by Crippen LogP contribution is 2.46. The summed E-state index contributed by atoms with van der Waals surface area (Å²) in [6.45, 7) is 6.46. The van der Waals surface area contributed by atoms with Crippen LogP contribution in [0.5, 0.6) is 0 Å². The van der Waals surface area contributed by atoms with Gasteiger partial charge in [0.1, 0.15) is 5.76 Å². The zero-order chi connectivity index (χ0) is 24.4. The number of carbonyl (C=O) groups is 2. The molecule has 1 aromatic carbocycles. The van der Waals surface area contributed by atoms with Crippen LogP contribution in [0.4, 0.5) is 0 Å². The van der Waals surface area contributed by atoms with Crippen molar-refractivity contribution in [2.45, 2.75) is 46.2 Å². The smallest absolute Gasteiger partial charge is 0.338 e. The van der Waals surface area contributed by atoms with Crippen molar-refractivity contribution in [3.63, 3.8) is 0 Å². The van der Waals surface area contributed by atoms with Gasteiger partial charge in [0.15, 0.2) is 5.17 Å². The highest BCUT2D eigenvalue weighted by molar-refractivity contribution is 8.16. The largest absolute Gasteiger partial charge is 0.467 e. The van der Waals surface area contributed by atoms with E-state index in [-0.39, 0.29) is 12.3 Å². The van der Waals surface area contributed by atoms with Crippen LogP contribution in [-0.2, 0) is 20.9 Å². The Morgan fingerprint density at radius 2 is 2.06 bits per heavy atom. The number of amidine groups is 1. The maximum Gasteiger partial charge on any atom is 0.338 e. The molecule has 2 aromatic rings. The Balaban J connectivity index is 1.70. The fourth-order valence-electron chi connectivity index (χ4n) is 4.35. The zero-order valence-electron chi connectivity index (χ0n) is 20.1. The maximum absolute atomic E-state index is 13.1. The molecule has 0 spiro atoms. The minimum absolute atomic E-state index is 0.0474. The molecule has 1 atom stereocenters. The number of allylic oxidation sites excluding steroid dienone is 1. The molecule has 0 fully saturated rings. The Hall–Kier alpha value is -3.26. The Bertz CT molecular complexity index is 1200. The first kappa shape index (κ1) is 23.9. The van der Waals surface area contributed by atoms with Gasteiger partial charge >= 0.3 is 5.97 Å². The molecule has 0 radical (unpaired) electrons. The molecule has 0 aliphatic carbocycles. The number of furan rings is 1.